The van der Waals surface area contributed by atoms with Gasteiger partial charge in [-0.15, -0.1) is 0 Å². The van der Waals surface area contributed by atoms with E-state index < -0.39 is 0 Å². The van der Waals surface area contributed by atoms with Crippen LogP contribution in [0, 0.1) is 0 Å². The van der Waals surface area contributed by atoms with Gasteiger partial charge in [0.05, 0.1) is 22.8 Å². The van der Waals surface area contributed by atoms with Crippen molar-refractivity contribution in [2.24, 2.45) is 14.1 Å². The predicted molar refractivity (Wildman–Crippen MR) is 541 cm³/mol. The Morgan fingerprint density at radius 3 is 0.594 bits per heavy atom. The molecule has 2 heterocycles. The fourth-order valence-corrected chi connectivity index (χ4v) is 20.1. The van der Waals surface area contributed by atoms with Gasteiger partial charge in [0.15, 0.2) is 0 Å². The summed E-state index contributed by atoms with van der Waals surface area (Å²) in [4.78, 5) is 4.80. The average Bonchev–Trinajstić information content (AvgIpc) is 1.59. The Bertz CT molecular complexity index is 7290. The summed E-state index contributed by atoms with van der Waals surface area (Å²) in [6.07, 6.45) is 0. The second-order valence-corrected chi connectivity index (χ2v) is 34.8. The Hall–Kier alpha value is -15.9. The number of aromatic nitrogens is 2. The van der Waals surface area contributed by atoms with Crippen molar-refractivity contribution in [3.05, 3.63) is 495 Å². The fraction of sp³-hybridized carbons (Fsp3) is 0.0645. The van der Waals surface area contributed by atoms with Gasteiger partial charge < -0.3 is 18.9 Å². The highest BCUT2D eigenvalue weighted by molar-refractivity contribution is 6.04. The van der Waals surface area contributed by atoms with Crippen LogP contribution in [0.15, 0.2) is 473 Å². The topological polar surface area (TPSA) is 16.3 Å². The Labute approximate surface area is 752 Å². The van der Waals surface area contributed by atoms with Crippen molar-refractivity contribution in [3.8, 4) is 156 Å². The third-order valence-electron chi connectivity index (χ3n) is 26.5. The SMILES string of the molecule is Cn1c(-c2ccccc2)c(-c2ccccc2)c(-c2ccc(-c3ccc(N(c4ccc(-c5ccccc5)cc4)c4ccc5c(c4)C(C)(C)c4ccccc4-5)cc3)cc2)c1-c1ccccc1.Cn1c(-c2ccccc2)c(-c2ccccc2)c(-c2ccccc2)c1-c1ccc(-c2ccc(N(c3ccc(-c4ccccc4)cc3)c3ccc4c(c3)C(C)(C)c3ccccc3-4)cc2)cc1. The molecule has 612 valence electrons. The van der Waals surface area contributed by atoms with E-state index in [2.05, 4.69) is 534 Å². The van der Waals surface area contributed by atoms with Gasteiger partial charge in [0.1, 0.15) is 0 Å². The predicted octanol–water partition coefficient (Wildman–Crippen LogP) is 33.6. The lowest BCUT2D eigenvalue weighted by atomic mass is 9.82. The van der Waals surface area contributed by atoms with E-state index in [0.29, 0.717) is 0 Å². The first-order valence-electron chi connectivity index (χ1n) is 44.5. The maximum Gasteiger partial charge on any atom is 0.0568 e. The zero-order chi connectivity index (χ0) is 86.4. The van der Waals surface area contributed by atoms with Crippen molar-refractivity contribution in [1.82, 2.24) is 9.13 Å². The van der Waals surface area contributed by atoms with Crippen molar-refractivity contribution in [3.63, 3.8) is 0 Å². The molecule has 2 aliphatic carbocycles. The zero-order valence-electron chi connectivity index (χ0n) is 72.8. The van der Waals surface area contributed by atoms with E-state index >= 15 is 0 Å². The second kappa shape index (κ2) is 33.6. The first kappa shape index (κ1) is 79.3. The van der Waals surface area contributed by atoms with E-state index in [1.54, 1.807) is 0 Å². The highest BCUT2D eigenvalue weighted by Gasteiger charge is 2.38. The third kappa shape index (κ3) is 14.6. The summed E-state index contributed by atoms with van der Waals surface area (Å²) in [5.41, 5.74) is 46.1. The smallest absolute Gasteiger partial charge is 0.0568 e. The van der Waals surface area contributed by atoms with Crippen LogP contribution in [-0.4, -0.2) is 9.13 Å². The number of hydrogen-bond acceptors (Lipinski definition) is 2. The largest absolute Gasteiger partial charge is 0.343 e. The summed E-state index contributed by atoms with van der Waals surface area (Å²) >= 11 is 0. The molecule has 0 fully saturated rings. The van der Waals surface area contributed by atoms with E-state index in [4.69, 9.17) is 0 Å². The summed E-state index contributed by atoms with van der Waals surface area (Å²) < 4.78 is 4.78. The van der Waals surface area contributed by atoms with Gasteiger partial charge in [-0.1, -0.05) is 428 Å². The van der Waals surface area contributed by atoms with Gasteiger partial charge >= 0.3 is 0 Å². The highest BCUT2D eigenvalue weighted by atomic mass is 15.1. The first-order chi connectivity index (χ1) is 62.9. The highest BCUT2D eigenvalue weighted by Crippen LogP contribution is 2.55. The molecular formula is C124H96N4. The molecule has 4 heteroatoms. The molecule has 0 amide bonds. The lowest BCUT2D eigenvalue weighted by Crippen LogP contribution is -2.16. The summed E-state index contributed by atoms with van der Waals surface area (Å²) in [5, 5.41) is 0. The molecule has 0 saturated carbocycles. The van der Waals surface area contributed by atoms with Crippen molar-refractivity contribution < 1.29 is 0 Å². The van der Waals surface area contributed by atoms with Crippen molar-refractivity contribution >= 4 is 34.1 Å². The second-order valence-electron chi connectivity index (χ2n) is 34.8. The minimum atomic E-state index is -0.104. The van der Waals surface area contributed by atoms with Crippen LogP contribution in [0.5, 0.6) is 0 Å². The van der Waals surface area contributed by atoms with Crippen LogP contribution >= 0.6 is 0 Å². The molecule has 4 nitrogen and oxygen atoms in total. The van der Waals surface area contributed by atoms with Crippen molar-refractivity contribution in [1.29, 1.82) is 0 Å². The van der Waals surface area contributed by atoms with Crippen LogP contribution < -0.4 is 9.80 Å². The van der Waals surface area contributed by atoms with Crippen LogP contribution in [0.3, 0.4) is 0 Å². The van der Waals surface area contributed by atoms with Crippen LogP contribution in [0.2, 0.25) is 0 Å². The molecule has 0 bridgehead atoms. The minimum absolute atomic E-state index is 0.103. The molecule has 0 saturated heterocycles. The summed E-state index contributed by atoms with van der Waals surface area (Å²) in [6, 6.07) is 172. The molecule has 0 aliphatic heterocycles. The lowest BCUT2D eigenvalue weighted by Gasteiger charge is -2.28. The normalized spacial score (nSPS) is 12.4. The number of rotatable bonds is 18. The average molecular weight is 1640 g/mol. The van der Waals surface area contributed by atoms with Crippen LogP contribution in [-0.2, 0) is 24.9 Å². The van der Waals surface area contributed by atoms with E-state index in [1.807, 2.05) is 0 Å². The minimum Gasteiger partial charge on any atom is -0.343 e. The molecular weight excluding hydrogens is 1550 g/mol. The number of nitrogens with zero attached hydrogens (tertiary/aromatic N) is 4. The number of fused-ring (bicyclic) bond motifs is 6. The van der Waals surface area contributed by atoms with Gasteiger partial charge in [0.25, 0.3) is 0 Å². The summed E-state index contributed by atoms with van der Waals surface area (Å²) in [6.45, 7) is 9.41. The van der Waals surface area contributed by atoms with Gasteiger partial charge in [-0.2, -0.15) is 0 Å². The maximum atomic E-state index is 2.41. The van der Waals surface area contributed by atoms with Crippen molar-refractivity contribution in [2.75, 3.05) is 9.80 Å². The number of hydrogen-bond donors (Lipinski definition) is 0. The third-order valence-corrected chi connectivity index (χ3v) is 26.5. The molecule has 2 aromatic heterocycles. The van der Waals surface area contributed by atoms with Gasteiger partial charge in [0.2, 0.25) is 0 Å². The molecule has 0 atom stereocenters. The van der Waals surface area contributed by atoms with Gasteiger partial charge in [-0.25, -0.2) is 0 Å². The monoisotopic (exact) mass is 1640 g/mol. The molecule has 22 rings (SSSR count). The van der Waals surface area contributed by atoms with Crippen LogP contribution in [0.4, 0.5) is 34.1 Å². The van der Waals surface area contributed by atoms with E-state index in [0.717, 1.165) is 34.1 Å². The standard InChI is InChI=1S/2C62H48N2/c1-62(2)56-27-17-16-26-54(56)55-41-40-53(42-57(55)62)64(51-36-32-45(33-37-51)43-18-8-4-9-19-43)52-38-34-46(35-39-52)44-28-30-48(31-29-44)59-58(47-20-10-5-11-21-47)60(49-22-12-6-13-23-49)63(3)61(59)50-24-14-7-15-25-50;1-62(2)56-27-17-16-26-54(56)55-41-40-53(42-57(55)62)64(51-36-32-45(33-37-51)43-18-8-4-9-19-43)52-38-34-46(35-39-52)44-28-30-50(31-29-44)61-59(48-22-12-6-13-23-48)58(47-20-10-5-11-21-47)60(63(61)3)49-24-14-7-15-25-49/h2*4-42H,1-3H3. The van der Waals surface area contributed by atoms with Gasteiger partial charge in [-0.05, 0) is 206 Å². The number of anilines is 6. The molecule has 0 unspecified atom stereocenters. The zero-order valence-corrected chi connectivity index (χ0v) is 72.8. The number of benzene rings is 18. The lowest BCUT2D eigenvalue weighted by molar-refractivity contribution is 0.660. The molecule has 18 aromatic carbocycles. The molecule has 20 aromatic rings. The molecule has 2 aliphatic rings. The summed E-state index contributed by atoms with van der Waals surface area (Å²) in [7, 11) is 4.42. The van der Waals surface area contributed by atoms with Crippen LogP contribution in [0.25, 0.3) is 156 Å². The Morgan fingerprint density at radius 2 is 0.328 bits per heavy atom. The van der Waals surface area contributed by atoms with Gasteiger partial charge in [-0.3, -0.25) is 0 Å². The Morgan fingerprint density at radius 1 is 0.156 bits per heavy atom. The molecule has 0 N–H and O–H groups in total. The van der Waals surface area contributed by atoms with E-state index in [9.17, 15) is 0 Å². The molecule has 0 radical (unpaired) electrons. The fourth-order valence-electron chi connectivity index (χ4n) is 20.1. The van der Waals surface area contributed by atoms with Crippen molar-refractivity contribution in [2.45, 2.75) is 38.5 Å². The van der Waals surface area contributed by atoms with E-state index in [-0.39, 0.29) is 10.8 Å². The van der Waals surface area contributed by atoms with E-state index in [1.165, 1.54) is 179 Å². The first-order valence-corrected chi connectivity index (χ1v) is 44.5. The Kier molecular flexibility index (Phi) is 20.8. The molecule has 0 spiro atoms. The Balaban J connectivity index is 0.000000156. The van der Waals surface area contributed by atoms with Gasteiger partial charge in [0, 0.05) is 81.3 Å². The maximum absolute atomic E-state index is 2.41. The quantitative estimate of drug-likeness (QED) is 0.0851. The van der Waals surface area contributed by atoms with Crippen LogP contribution in [0.1, 0.15) is 49.9 Å². The molecule has 128 heavy (non-hydrogen) atoms. The summed E-state index contributed by atoms with van der Waals surface area (Å²) in [5.74, 6) is 0.